The fourth-order valence-electron chi connectivity index (χ4n) is 1.53. The van der Waals surface area contributed by atoms with E-state index in [1.807, 2.05) is 0 Å². The summed E-state index contributed by atoms with van der Waals surface area (Å²) in [7, 11) is 3.27. The first-order chi connectivity index (χ1) is 7.50. The van der Waals surface area contributed by atoms with E-state index in [0.717, 1.165) is 0 Å². The predicted octanol–water partition coefficient (Wildman–Crippen LogP) is -1.31. The van der Waals surface area contributed by atoms with Gasteiger partial charge in [-0.05, 0) is 0 Å². The summed E-state index contributed by atoms with van der Waals surface area (Å²) in [5.74, 6) is -0.207. The van der Waals surface area contributed by atoms with Crippen LogP contribution in [0.2, 0.25) is 0 Å². The van der Waals surface area contributed by atoms with E-state index in [2.05, 4.69) is 9.97 Å². The molecule has 0 aromatic carbocycles. The molecule has 2 N–H and O–H groups in total. The van der Waals surface area contributed by atoms with E-state index in [0.29, 0.717) is 17.0 Å². The highest BCUT2D eigenvalue weighted by Gasteiger charge is 2.13. The minimum absolute atomic E-state index is 0.0712. The third-order valence-electron chi connectivity index (χ3n) is 2.38. The van der Waals surface area contributed by atoms with Gasteiger partial charge in [0.05, 0.1) is 12.7 Å². The topological polar surface area (TPSA) is 95.8 Å². The van der Waals surface area contributed by atoms with Crippen molar-refractivity contribution < 1.29 is 4.79 Å². The summed E-state index contributed by atoms with van der Waals surface area (Å²) >= 11 is 0. The normalized spacial score (nSPS) is 10.9. The Balaban J connectivity index is 2.75. The van der Waals surface area contributed by atoms with Crippen molar-refractivity contribution in [2.24, 2.45) is 19.8 Å². The highest BCUT2D eigenvalue weighted by Crippen LogP contribution is 2.04. The van der Waals surface area contributed by atoms with E-state index in [1.54, 1.807) is 18.7 Å². The van der Waals surface area contributed by atoms with Crippen molar-refractivity contribution in [2.45, 2.75) is 6.42 Å². The van der Waals surface area contributed by atoms with Crippen molar-refractivity contribution in [3.63, 3.8) is 0 Å². The number of primary amides is 1. The van der Waals surface area contributed by atoms with Gasteiger partial charge in [-0.25, -0.2) is 9.97 Å². The zero-order valence-corrected chi connectivity index (χ0v) is 8.97. The molecule has 0 aliphatic heterocycles. The number of aromatic nitrogens is 4. The molecule has 0 radical (unpaired) electrons. The summed E-state index contributed by atoms with van der Waals surface area (Å²) in [5.41, 5.74) is 5.59. The van der Waals surface area contributed by atoms with Crippen molar-refractivity contribution in [1.29, 1.82) is 0 Å². The van der Waals surface area contributed by atoms with Crippen LogP contribution in [0.5, 0.6) is 0 Å². The van der Waals surface area contributed by atoms with Gasteiger partial charge in [-0.1, -0.05) is 0 Å². The average Bonchev–Trinajstić information content (AvgIpc) is 2.55. The molecule has 2 aromatic heterocycles. The quantitative estimate of drug-likeness (QED) is 0.681. The first kappa shape index (κ1) is 10.3. The lowest BCUT2D eigenvalue weighted by atomic mass is 10.3. The minimum atomic E-state index is -0.530. The number of nitrogens with two attached hydrogens (primary N) is 1. The summed E-state index contributed by atoms with van der Waals surface area (Å²) in [6, 6.07) is 0. The van der Waals surface area contributed by atoms with Gasteiger partial charge in [0.15, 0.2) is 11.2 Å². The molecule has 0 aliphatic rings. The molecule has 1 amide bonds. The third-order valence-corrected chi connectivity index (χ3v) is 2.38. The molecule has 16 heavy (non-hydrogen) atoms. The lowest BCUT2D eigenvalue weighted by Gasteiger charge is -2.05. The minimum Gasteiger partial charge on any atom is -0.369 e. The van der Waals surface area contributed by atoms with Crippen molar-refractivity contribution in [3.05, 3.63) is 22.5 Å². The monoisotopic (exact) mass is 221 g/mol. The summed E-state index contributed by atoms with van der Waals surface area (Å²) in [4.78, 5) is 30.8. The van der Waals surface area contributed by atoms with Crippen LogP contribution in [0, 0.1) is 0 Å². The maximum atomic E-state index is 11.9. The number of aryl methyl sites for hydroxylation is 1. The van der Waals surface area contributed by atoms with Crippen LogP contribution in [-0.4, -0.2) is 25.0 Å². The largest absolute Gasteiger partial charge is 0.369 e. The summed E-state index contributed by atoms with van der Waals surface area (Å²) in [6.07, 6.45) is 1.44. The molecular formula is C9H11N5O2. The molecule has 0 aliphatic carbocycles. The predicted molar refractivity (Wildman–Crippen MR) is 56.6 cm³/mol. The van der Waals surface area contributed by atoms with Gasteiger partial charge in [0.25, 0.3) is 5.56 Å². The van der Waals surface area contributed by atoms with Gasteiger partial charge in [0.1, 0.15) is 5.82 Å². The van der Waals surface area contributed by atoms with Gasteiger partial charge in [0, 0.05) is 14.1 Å². The van der Waals surface area contributed by atoms with Crippen molar-refractivity contribution in [1.82, 2.24) is 19.1 Å². The molecule has 0 bridgehead atoms. The molecule has 2 heterocycles. The number of imidazole rings is 1. The number of carbonyl (C=O) groups is 1. The zero-order chi connectivity index (χ0) is 11.9. The lowest BCUT2D eigenvalue weighted by molar-refractivity contribution is -0.117. The number of carbonyl (C=O) groups excluding carboxylic acids is 1. The van der Waals surface area contributed by atoms with E-state index in [9.17, 15) is 9.59 Å². The maximum Gasteiger partial charge on any atom is 0.279 e. The Kier molecular flexibility index (Phi) is 2.22. The van der Waals surface area contributed by atoms with Gasteiger partial charge in [-0.2, -0.15) is 0 Å². The van der Waals surface area contributed by atoms with Gasteiger partial charge in [0.2, 0.25) is 5.91 Å². The van der Waals surface area contributed by atoms with Gasteiger partial charge < -0.3 is 10.3 Å². The van der Waals surface area contributed by atoms with Gasteiger partial charge in [-0.15, -0.1) is 0 Å². The fraction of sp³-hybridized carbons (Fsp3) is 0.333. The van der Waals surface area contributed by atoms with E-state index in [4.69, 9.17) is 5.73 Å². The average molecular weight is 221 g/mol. The van der Waals surface area contributed by atoms with E-state index in [-0.39, 0.29) is 12.0 Å². The van der Waals surface area contributed by atoms with E-state index >= 15 is 0 Å². The first-order valence-electron chi connectivity index (χ1n) is 4.66. The van der Waals surface area contributed by atoms with Gasteiger partial charge >= 0.3 is 0 Å². The van der Waals surface area contributed by atoms with Crippen molar-refractivity contribution in [3.8, 4) is 0 Å². The smallest absolute Gasteiger partial charge is 0.279 e. The van der Waals surface area contributed by atoms with Crippen LogP contribution in [0.1, 0.15) is 5.82 Å². The Hall–Kier alpha value is -2.18. The van der Waals surface area contributed by atoms with E-state index < -0.39 is 5.91 Å². The molecule has 0 atom stereocenters. The zero-order valence-electron chi connectivity index (χ0n) is 8.97. The second kappa shape index (κ2) is 3.44. The van der Waals surface area contributed by atoms with Crippen molar-refractivity contribution in [2.75, 3.05) is 0 Å². The molecule has 0 saturated heterocycles. The number of fused-ring (bicyclic) bond motifs is 1. The molecule has 84 valence electrons. The second-order valence-electron chi connectivity index (χ2n) is 3.56. The van der Waals surface area contributed by atoms with Crippen LogP contribution < -0.4 is 11.3 Å². The Morgan fingerprint density at radius 2 is 2.19 bits per heavy atom. The second-order valence-corrected chi connectivity index (χ2v) is 3.56. The SMILES string of the molecule is Cn1c(CC(N)=O)nc2ncn(C)c2c1=O. The number of rotatable bonds is 2. The molecule has 7 heteroatoms. The van der Waals surface area contributed by atoms with Crippen LogP contribution in [0.4, 0.5) is 0 Å². The Morgan fingerprint density at radius 3 is 2.81 bits per heavy atom. The first-order valence-corrected chi connectivity index (χ1v) is 4.66. The number of hydrogen-bond donors (Lipinski definition) is 1. The highest BCUT2D eigenvalue weighted by molar-refractivity contribution is 5.76. The lowest BCUT2D eigenvalue weighted by Crippen LogP contribution is -2.27. The molecule has 0 spiro atoms. The third kappa shape index (κ3) is 1.46. The van der Waals surface area contributed by atoms with Gasteiger partial charge in [-0.3, -0.25) is 14.2 Å². The Morgan fingerprint density at radius 1 is 1.50 bits per heavy atom. The number of hydrogen-bond acceptors (Lipinski definition) is 4. The molecule has 0 unspecified atom stereocenters. The van der Waals surface area contributed by atoms with Crippen LogP contribution in [0.15, 0.2) is 11.1 Å². The van der Waals surface area contributed by atoms with Crippen LogP contribution >= 0.6 is 0 Å². The highest BCUT2D eigenvalue weighted by atomic mass is 16.1. The molecular weight excluding hydrogens is 210 g/mol. The standard InChI is InChI=1S/C9H11N5O2/c1-13-4-11-8-7(13)9(16)14(2)6(12-8)3-5(10)15/h4H,3H2,1-2H3,(H2,10,15). The molecule has 0 fully saturated rings. The summed E-state index contributed by atoms with van der Waals surface area (Å²) in [6.45, 7) is 0. The summed E-state index contributed by atoms with van der Waals surface area (Å²) < 4.78 is 2.91. The van der Waals surface area contributed by atoms with Crippen LogP contribution in [0.25, 0.3) is 11.2 Å². The van der Waals surface area contributed by atoms with E-state index in [1.165, 1.54) is 10.9 Å². The molecule has 2 rings (SSSR count). The Labute approximate surface area is 90.5 Å². The number of nitrogens with zero attached hydrogens (tertiary/aromatic N) is 4. The summed E-state index contributed by atoms with van der Waals surface area (Å²) in [5, 5.41) is 0. The molecule has 0 saturated carbocycles. The van der Waals surface area contributed by atoms with Crippen LogP contribution in [-0.2, 0) is 25.3 Å². The van der Waals surface area contributed by atoms with Crippen LogP contribution in [0.3, 0.4) is 0 Å². The molecule has 7 nitrogen and oxygen atoms in total. The molecule has 2 aromatic rings. The Bertz CT molecular complexity index is 625. The maximum absolute atomic E-state index is 11.9. The number of amides is 1. The fourth-order valence-corrected chi connectivity index (χ4v) is 1.53. The van der Waals surface area contributed by atoms with Crippen molar-refractivity contribution >= 4 is 17.1 Å².